The average Bonchev–Trinajstić information content (AvgIpc) is 2.98. The van der Waals surface area contributed by atoms with Crippen LogP contribution in [0.2, 0.25) is 0 Å². The summed E-state index contributed by atoms with van der Waals surface area (Å²) >= 11 is 0. The molecule has 21 heavy (non-hydrogen) atoms. The van der Waals surface area contributed by atoms with Crippen LogP contribution in [-0.2, 0) is 14.9 Å². The van der Waals surface area contributed by atoms with Gasteiger partial charge in [0.05, 0.1) is 6.10 Å². The summed E-state index contributed by atoms with van der Waals surface area (Å²) in [6.07, 6.45) is 3.55. The largest absolute Gasteiger partial charge is 0.381 e. The smallest absolute Gasteiger partial charge is 0.282 e. The Kier molecular flexibility index (Phi) is 7.87. The number of nitrogens with one attached hydrogen (secondary N) is 1. The Hall–Kier alpha value is 0.0800. The highest BCUT2D eigenvalue weighted by molar-refractivity contribution is 7.86. The molecule has 0 bridgehead atoms. The SMILES string of the molecule is CCCN(C1CCNC1)S(=O)(=O)N1CCC(OC)CC1.Cl. The van der Waals surface area contributed by atoms with Gasteiger partial charge in [0.2, 0.25) is 0 Å². The van der Waals surface area contributed by atoms with E-state index in [-0.39, 0.29) is 24.6 Å². The van der Waals surface area contributed by atoms with Crippen LogP contribution < -0.4 is 5.32 Å². The molecule has 0 aromatic carbocycles. The maximum atomic E-state index is 12.8. The highest BCUT2D eigenvalue weighted by Gasteiger charge is 2.37. The zero-order chi connectivity index (χ0) is 14.6. The molecule has 2 aliphatic rings. The van der Waals surface area contributed by atoms with Gasteiger partial charge >= 0.3 is 0 Å². The van der Waals surface area contributed by atoms with Crippen molar-refractivity contribution in [1.29, 1.82) is 0 Å². The third-order valence-corrected chi connectivity index (χ3v) is 6.33. The summed E-state index contributed by atoms with van der Waals surface area (Å²) in [5, 5.41) is 3.26. The van der Waals surface area contributed by atoms with E-state index in [1.54, 1.807) is 15.7 Å². The Labute approximate surface area is 134 Å². The van der Waals surface area contributed by atoms with Crippen molar-refractivity contribution in [3.05, 3.63) is 0 Å². The standard InChI is InChI=1S/C13H27N3O3S.ClH/c1-3-8-16(12-4-7-14-11-12)20(17,18)15-9-5-13(19-2)6-10-15;/h12-14H,3-11H2,1-2H3;1H. The van der Waals surface area contributed by atoms with Crippen LogP contribution in [0.25, 0.3) is 0 Å². The summed E-state index contributed by atoms with van der Waals surface area (Å²) in [6.45, 7) is 5.46. The third kappa shape index (κ3) is 4.53. The van der Waals surface area contributed by atoms with Crippen molar-refractivity contribution < 1.29 is 13.2 Å². The maximum Gasteiger partial charge on any atom is 0.282 e. The van der Waals surface area contributed by atoms with Crippen LogP contribution in [0, 0.1) is 0 Å². The van der Waals surface area contributed by atoms with Crippen LogP contribution in [0.3, 0.4) is 0 Å². The van der Waals surface area contributed by atoms with Gasteiger partial charge in [-0.3, -0.25) is 0 Å². The lowest BCUT2D eigenvalue weighted by atomic mass is 10.1. The predicted molar refractivity (Wildman–Crippen MR) is 86.0 cm³/mol. The third-order valence-electron chi connectivity index (χ3n) is 4.24. The van der Waals surface area contributed by atoms with Crippen molar-refractivity contribution in [3.63, 3.8) is 0 Å². The van der Waals surface area contributed by atoms with Crippen molar-refractivity contribution in [2.24, 2.45) is 0 Å². The van der Waals surface area contributed by atoms with Crippen molar-refractivity contribution in [3.8, 4) is 0 Å². The molecule has 2 rings (SSSR count). The lowest BCUT2D eigenvalue weighted by Gasteiger charge is -2.36. The topological polar surface area (TPSA) is 61.9 Å². The van der Waals surface area contributed by atoms with Crippen LogP contribution in [0.15, 0.2) is 0 Å². The van der Waals surface area contributed by atoms with E-state index in [1.165, 1.54) is 0 Å². The first-order valence-corrected chi connectivity index (χ1v) is 8.99. The lowest BCUT2D eigenvalue weighted by molar-refractivity contribution is 0.0587. The molecule has 1 unspecified atom stereocenters. The summed E-state index contributed by atoms with van der Waals surface area (Å²) in [5.41, 5.74) is 0. The van der Waals surface area contributed by atoms with Gasteiger partial charge in [-0.25, -0.2) is 0 Å². The second-order valence-electron chi connectivity index (χ2n) is 5.60. The van der Waals surface area contributed by atoms with Gasteiger partial charge in [0, 0.05) is 39.3 Å². The molecular formula is C13H28ClN3O3S. The van der Waals surface area contributed by atoms with E-state index >= 15 is 0 Å². The molecule has 0 spiro atoms. The Morgan fingerprint density at radius 3 is 2.43 bits per heavy atom. The van der Waals surface area contributed by atoms with Crippen LogP contribution >= 0.6 is 12.4 Å². The van der Waals surface area contributed by atoms with E-state index in [9.17, 15) is 8.42 Å². The molecule has 126 valence electrons. The van der Waals surface area contributed by atoms with Crippen LogP contribution in [0.1, 0.15) is 32.6 Å². The number of nitrogens with zero attached hydrogens (tertiary/aromatic N) is 2. The van der Waals surface area contributed by atoms with Gasteiger partial charge in [0.15, 0.2) is 0 Å². The van der Waals surface area contributed by atoms with Crippen molar-refractivity contribution in [2.75, 3.05) is 39.8 Å². The summed E-state index contributed by atoms with van der Waals surface area (Å²) < 4.78 is 34.3. The molecule has 0 aromatic rings. The number of halogens is 1. The fourth-order valence-corrected chi connectivity index (χ4v) is 4.98. The molecular weight excluding hydrogens is 314 g/mol. The number of rotatable bonds is 6. The van der Waals surface area contributed by atoms with Crippen molar-refractivity contribution in [2.45, 2.75) is 44.8 Å². The average molecular weight is 342 g/mol. The molecule has 6 nitrogen and oxygen atoms in total. The van der Waals surface area contributed by atoms with Gasteiger partial charge < -0.3 is 10.1 Å². The Morgan fingerprint density at radius 1 is 1.29 bits per heavy atom. The quantitative estimate of drug-likeness (QED) is 0.777. The first-order valence-electron chi connectivity index (χ1n) is 7.60. The summed E-state index contributed by atoms with van der Waals surface area (Å²) in [7, 11) is -1.63. The molecule has 2 saturated heterocycles. The number of hydrogen-bond acceptors (Lipinski definition) is 4. The summed E-state index contributed by atoms with van der Waals surface area (Å²) in [6, 6.07) is 0.111. The van der Waals surface area contributed by atoms with Crippen molar-refractivity contribution >= 4 is 22.6 Å². The van der Waals surface area contributed by atoms with Gasteiger partial charge in [0.25, 0.3) is 10.2 Å². The number of methoxy groups -OCH3 is 1. The molecule has 8 heteroatoms. The van der Waals surface area contributed by atoms with E-state index in [0.29, 0.717) is 19.6 Å². The Morgan fingerprint density at radius 2 is 1.95 bits per heavy atom. The Balaban J connectivity index is 0.00000220. The molecule has 0 aliphatic carbocycles. The molecule has 2 aliphatic heterocycles. The Bertz CT molecular complexity index is 393. The van der Waals surface area contributed by atoms with E-state index in [1.807, 2.05) is 6.92 Å². The molecule has 2 heterocycles. The molecule has 0 saturated carbocycles. The molecule has 2 fully saturated rings. The van der Waals surface area contributed by atoms with E-state index in [0.717, 1.165) is 38.8 Å². The number of piperidine rings is 1. The second-order valence-corrected chi connectivity index (χ2v) is 7.48. The van der Waals surface area contributed by atoms with Gasteiger partial charge in [-0.05, 0) is 32.2 Å². The van der Waals surface area contributed by atoms with Gasteiger partial charge in [-0.2, -0.15) is 17.0 Å². The summed E-state index contributed by atoms with van der Waals surface area (Å²) in [5.74, 6) is 0. The zero-order valence-electron chi connectivity index (χ0n) is 13.0. The first kappa shape index (κ1) is 19.1. The predicted octanol–water partition coefficient (Wildman–Crippen LogP) is 0.838. The van der Waals surface area contributed by atoms with Crippen molar-refractivity contribution in [1.82, 2.24) is 13.9 Å². The molecule has 0 amide bonds. The fraction of sp³-hybridized carbons (Fsp3) is 1.00. The molecule has 1 atom stereocenters. The molecule has 0 aromatic heterocycles. The van der Waals surface area contributed by atoms with E-state index < -0.39 is 10.2 Å². The van der Waals surface area contributed by atoms with Gasteiger partial charge in [-0.15, -0.1) is 12.4 Å². The minimum absolute atomic E-state index is 0. The van der Waals surface area contributed by atoms with Crippen LogP contribution in [0.4, 0.5) is 0 Å². The first-order chi connectivity index (χ1) is 9.59. The minimum atomic E-state index is -3.33. The van der Waals surface area contributed by atoms with Crippen LogP contribution in [0.5, 0.6) is 0 Å². The van der Waals surface area contributed by atoms with Crippen LogP contribution in [-0.4, -0.2) is 69.0 Å². The number of hydrogen-bond donors (Lipinski definition) is 1. The minimum Gasteiger partial charge on any atom is -0.381 e. The highest BCUT2D eigenvalue weighted by atomic mass is 35.5. The van der Waals surface area contributed by atoms with Gasteiger partial charge in [-0.1, -0.05) is 6.92 Å². The fourth-order valence-electron chi connectivity index (χ4n) is 3.04. The number of ether oxygens (including phenoxy) is 1. The highest BCUT2D eigenvalue weighted by Crippen LogP contribution is 2.22. The second kappa shape index (κ2) is 8.64. The van der Waals surface area contributed by atoms with E-state index in [4.69, 9.17) is 4.74 Å². The van der Waals surface area contributed by atoms with Gasteiger partial charge in [0.1, 0.15) is 0 Å². The summed E-state index contributed by atoms with van der Waals surface area (Å²) in [4.78, 5) is 0. The van der Waals surface area contributed by atoms with E-state index in [2.05, 4.69) is 5.32 Å². The lowest BCUT2D eigenvalue weighted by Crippen LogP contribution is -2.52. The maximum absolute atomic E-state index is 12.8. The molecule has 0 radical (unpaired) electrons. The zero-order valence-corrected chi connectivity index (χ0v) is 14.6. The monoisotopic (exact) mass is 341 g/mol. The molecule has 1 N–H and O–H groups in total. The normalized spacial score (nSPS) is 25.2.